The molecule has 1 aromatic carbocycles. The van der Waals surface area contributed by atoms with Gasteiger partial charge in [-0.3, -0.25) is 4.79 Å². The molecule has 6 heteroatoms. The van der Waals surface area contributed by atoms with Crippen molar-refractivity contribution in [1.82, 2.24) is 20.0 Å². The maximum absolute atomic E-state index is 13.3. The number of hydrogen-bond acceptors (Lipinski definition) is 3. The molecule has 0 spiro atoms. The summed E-state index contributed by atoms with van der Waals surface area (Å²) in [5.41, 5.74) is 6.69. The van der Waals surface area contributed by atoms with Crippen LogP contribution in [0.3, 0.4) is 0 Å². The van der Waals surface area contributed by atoms with Crippen molar-refractivity contribution in [2.45, 2.75) is 33.1 Å². The Morgan fingerprint density at radius 1 is 1.15 bits per heavy atom. The van der Waals surface area contributed by atoms with Crippen molar-refractivity contribution >= 4 is 18.3 Å². The number of nitrogens with zero attached hydrogens (tertiary/aromatic N) is 3. The van der Waals surface area contributed by atoms with Gasteiger partial charge in [-0.2, -0.15) is 5.10 Å². The van der Waals surface area contributed by atoms with Crippen molar-refractivity contribution in [2.24, 2.45) is 11.8 Å². The molecular weight excluding hydrogens is 360 g/mol. The van der Waals surface area contributed by atoms with Crippen molar-refractivity contribution < 1.29 is 4.79 Å². The fraction of sp³-hybridized carbons (Fsp3) is 0.524. The molecule has 2 fully saturated rings. The van der Waals surface area contributed by atoms with Crippen LogP contribution in [0.25, 0.3) is 5.69 Å². The SMILES string of the molecule is Cc1ccc(-n2nc(C(=O)N3C[C@H]4CNC[C@H]4C3)c3c2CCC3)c(C)c1.Cl. The molecule has 1 N–H and O–H groups in total. The molecule has 2 aromatic rings. The molecule has 3 aliphatic rings. The Hall–Kier alpha value is -1.85. The van der Waals surface area contributed by atoms with Gasteiger partial charge in [0.15, 0.2) is 5.69 Å². The van der Waals surface area contributed by atoms with Crippen LogP contribution < -0.4 is 5.32 Å². The second-order valence-corrected chi connectivity index (χ2v) is 8.22. The van der Waals surface area contributed by atoms with Crippen LogP contribution in [0, 0.1) is 25.7 Å². The van der Waals surface area contributed by atoms with E-state index >= 15 is 0 Å². The summed E-state index contributed by atoms with van der Waals surface area (Å²) >= 11 is 0. The molecule has 5 nitrogen and oxygen atoms in total. The van der Waals surface area contributed by atoms with Crippen molar-refractivity contribution in [1.29, 1.82) is 0 Å². The second-order valence-electron chi connectivity index (χ2n) is 8.22. The number of aromatic nitrogens is 2. The number of benzene rings is 1. The van der Waals surface area contributed by atoms with Crippen LogP contribution >= 0.6 is 12.4 Å². The molecule has 1 aromatic heterocycles. The Labute approximate surface area is 166 Å². The van der Waals surface area contributed by atoms with E-state index in [4.69, 9.17) is 5.10 Å². The summed E-state index contributed by atoms with van der Waals surface area (Å²) in [6.45, 7) is 8.08. The smallest absolute Gasteiger partial charge is 0.274 e. The molecule has 5 rings (SSSR count). The highest BCUT2D eigenvalue weighted by atomic mass is 35.5. The molecule has 27 heavy (non-hydrogen) atoms. The number of likely N-dealkylation sites (tertiary alicyclic amines) is 1. The van der Waals surface area contributed by atoms with Gasteiger partial charge in [-0.25, -0.2) is 4.68 Å². The number of carbonyl (C=O) groups excluding carboxylic acids is 1. The van der Waals surface area contributed by atoms with E-state index in [2.05, 4.69) is 37.4 Å². The van der Waals surface area contributed by atoms with E-state index in [9.17, 15) is 4.79 Å². The monoisotopic (exact) mass is 386 g/mol. The fourth-order valence-corrected chi connectivity index (χ4v) is 5.02. The predicted octanol–water partition coefficient (Wildman–Crippen LogP) is 2.69. The van der Waals surface area contributed by atoms with Gasteiger partial charge in [-0.05, 0) is 56.6 Å². The van der Waals surface area contributed by atoms with Gasteiger partial charge in [0, 0.05) is 37.4 Å². The largest absolute Gasteiger partial charge is 0.337 e. The standard InChI is InChI=1S/C21H26N4O.ClH/c1-13-6-7-18(14(2)8-13)25-19-5-3-4-17(19)20(23-25)21(26)24-11-15-9-22-10-16(15)12-24;/h6-8,15-16,22H,3-5,9-12H2,1-2H3;1H/t15-,16+;. The van der Waals surface area contributed by atoms with Crippen LogP contribution in [0.2, 0.25) is 0 Å². The lowest BCUT2D eigenvalue weighted by molar-refractivity contribution is 0.0774. The molecule has 3 heterocycles. The average molecular weight is 387 g/mol. The summed E-state index contributed by atoms with van der Waals surface area (Å²) in [5.74, 6) is 1.38. The highest BCUT2D eigenvalue weighted by molar-refractivity contribution is 5.94. The van der Waals surface area contributed by atoms with Crippen LogP contribution in [-0.2, 0) is 12.8 Å². The van der Waals surface area contributed by atoms with Crippen LogP contribution in [0.1, 0.15) is 39.3 Å². The number of nitrogens with one attached hydrogen (secondary N) is 1. The van der Waals surface area contributed by atoms with Crippen molar-refractivity contribution in [3.63, 3.8) is 0 Å². The zero-order valence-electron chi connectivity index (χ0n) is 16.0. The molecule has 2 atom stereocenters. The zero-order valence-corrected chi connectivity index (χ0v) is 16.8. The lowest BCUT2D eigenvalue weighted by atomic mass is 10.0. The van der Waals surface area contributed by atoms with Crippen molar-refractivity contribution in [3.8, 4) is 5.69 Å². The molecule has 0 saturated carbocycles. The molecule has 0 unspecified atom stereocenters. The first-order chi connectivity index (χ1) is 12.6. The maximum Gasteiger partial charge on any atom is 0.274 e. The molecule has 1 amide bonds. The first kappa shape index (κ1) is 18.5. The van der Waals surface area contributed by atoms with E-state index in [0.29, 0.717) is 17.5 Å². The van der Waals surface area contributed by atoms with E-state index in [1.54, 1.807) is 0 Å². The van der Waals surface area contributed by atoms with Crippen LogP contribution in [0.5, 0.6) is 0 Å². The number of hydrogen-bond donors (Lipinski definition) is 1. The normalized spacial score (nSPS) is 23.3. The maximum atomic E-state index is 13.3. The number of rotatable bonds is 2. The quantitative estimate of drug-likeness (QED) is 0.863. The van der Waals surface area contributed by atoms with E-state index in [1.807, 2.05) is 9.58 Å². The molecule has 0 bridgehead atoms. The molecule has 1 aliphatic carbocycles. The van der Waals surface area contributed by atoms with Gasteiger partial charge in [-0.15, -0.1) is 12.4 Å². The summed E-state index contributed by atoms with van der Waals surface area (Å²) in [7, 11) is 0. The van der Waals surface area contributed by atoms with E-state index in [-0.39, 0.29) is 18.3 Å². The molecule has 0 radical (unpaired) electrons. The van der Waals surface area contributed by atoms with Crippen LogP contribution in [0.15, 0.2) is 18.2 Å². The third-order valence-corrected chi connectivity index (χ3v) is 6.39. The zero-order chi connectivity index (χ0) is 17.8. The Morgan fingerprint density at radius 3 is 2.59 bits per heavy atom. The average Bonchev–Trinajstić information content (AvgIpc) is 3.35. The van der Waals surface area contributed by atoms with Gasteiger partial charge >= 0.3 is 0 Å². The van der Waals surface area contributed by atoms with Gasteiger partial charge < -0.3 is 10.2 Å². The second kappa shape index (κ2) is 6.95. The summed E-state index contributed by atoms with van der Waals surface area (Å²) in [6, 6.07) is 6.45. The first-order valence-corrected chi connectivity index (χ1v) is 9.80. The topological polar surface area (TPSA) is 50.2 Å². The van der Waals surface area contributed by atoms with E-state index < -0.39 is 0 Å². The first-order valence-electron chi connectivity index (χ1n) is 9.80. The van der Waals surface area contributed by atoms with Crippen LogP contribution in [0.4, 0.5) is 0 Å². The molecule has 144 valence electrons. The van der Waals surface area contributed by atoms with Gasteiger partial charge in [0.25, 0.3) is 5.91 Å². The highest BCUT2D eigenvalue weighted by Crippen LogP contribution is 2.32. The minimum absolute atomic E-state index is 0. The number of halogens is 1. The predicted molar refractivity (Wildman–Crippen MR) is 108 cm³/mol. The van der Waals surface area contributed by atoms with E-state index in [0.717, 1.165) is 51.1 Å². The lowest BCUT2D eigenvalue weighted by Crippen LogP contribution is -2.32. The number of carbonyl (C=O) groups is 1. The lowest BCUT2D eigenvalue weighted by Gasteiger charge is -2.16. The van der Waals surface area contributed by atoms with Gasteiger partial charge in [0.1, 0.15) is 0 Å². The number of amides is 1. The number of fused-ring (bicyclic) bond motifs is 2. The number of aryl methyl sites for hydroxylation is 2. The molecular formula is C21H27ClN4O. The Bertz CT molecular complexity index is 879. The molecule has 2 saturated heterocycles. The minimum Gasteiger partial charge on any atom is -0.337 e. The fourth-order valence-electron chi connectivity index (χ4n) is 5.02. The third kappa shape index (κ3) is 2.97. The van der Waals surface area contributed by atoms with E-state index in [1.165, 1.54) is 22.4 Å². The third-order valence-electron chi connectivity index (χ3n) is 6.39. The Balaban J connectivity index is 0.00000180. The Kier molecular flexibility index (Phi) is 4.77. The minimum atomic E-state index is 0. The van der Waals surface area contributed by atoms with Gasteiger partial charge in [0.05, 0.1) is 5.69 Å². The summed E-state index contributed by atoms with van der Waals surface area (Å²) < 4.78 is 2.04. The highest BCUT2D eigenvalue weighted by Gasteiger charge is 2.40. The van der Waals surface area contributed by atoms with Crippen molar-refractivity contribution in [2.75, 3.05) is 26.2 Å². The summed E-state index contributed by atoms with van der Waals surface area (Å²) in [4.78, 5) is 15.3. The summed E-state index contributed by atoms with van der Waals surface area (Å²) in [5, 5.41) is 8.28. The van der Waals surface area contributed by atoms with Crippen LogP contribution in [-0.4, -0.2) is 46.8 Å². The van der Waals surface area contributed by atoms with Gasteiger partial charge in [-0.1, -0.05) is 17.7 Å². The van der Waals surface area contributed by atoms with Gasteiger partial charge in [0.2, 0.25) is 0 Å². The molecule has 2 aliphatic heterocycles. The Morgan fingerprint density at radius 2 is 1.89 bits per heavy atom. The van der Waals surface area contributed by atoms with Crippen molar-refractivity contribution in [3.05, 3.63) is 46.3 Å². The summed E-state index contributed by atoms with van der Waals surface area (Å²) in [6.07, 6.45) is 3.11.